The second-order valence-electron chi connectivity index (χ2n) is 9.64. The van der Waals surface area contributed by atoms with Crippen molar-refractivity contribution in [2.24, 2.45) is 5.92 Å². The number of carbonyl (C=O) groups is 1. The van der Waals surface area contributed by atoms with E-state index in [1.54, 1.807) is 30.3 Å². The third-order valence-corrected chi connectivity index (χ3v) is 7.10. The van der Waals surface area contributed by atoms with Gasteiger partial charge in [0, 0.05) is 30.6 Å². The first-order chi connectivity index (χ1) is 19.1. The highest BCUT2D eigenvalue weighted by atomic mass is 35.5. The molecule has 0 saturated carbocycles. The van der Waals surface area contributed by atoms with E-state index in [0.29, 0.717) is 24.2 Å². The standard InChI is InChI=1S/C27H24ClF3N4O5/c28-19-6-2-1-5-18(19)24-22(27(29,30)31)23(33-39-24)26-32-25(34-40-26)17-9-7-16(8-10-17)20(36)14-35-11-3-4-15(13-35)12-21(37)38/h1-2,5-10,15,20,36H,3-4,11-14H2,(H,37,38). The molecule has 0 aliphatic carbocycles. The summed E-state index contributed by atoms with van der Waals surface area (Å²) >= 11 is 6.09. The predicted octanol–water partition coefficient (Wildman–Crippen LogP) is 5.95. The highest BCUT2D eigenvalue weighted by Gasteiger charge is 2.43. The lowest BCUT2D eigenvalue weighted by Crippen LogP contribution is -2.38. The molecular weight excluding hydrogens is 553 g/mol. The van der Waals surface area contributed by atoms with Gasteiger partial charge in [-0.25, -0.2) is 0 Å². The molecule has 5 rings (SSSR count). The number of aromatic nitrogens is 3. The van der Waals surface area contributed by atoms with Crippen LogP contribution in [-0.4, -0.2) is 56.0 Å². The van der Waals surface area contributed by atoms with E-state index >= 15 is 0 Å². The van der Waals surface area contributed by atoms with Crippen LogP contribution >= 0.6 is 11.6 Å². The Hall–Kier alpha value is -3.74. The quantitative estimate of drug-likeness (QED) is 0.261. The van der Waals surface area contributed by atoms with Gasteiger partial charge >= 0.3 is 12.1 Å². The molecule has 1 saturated heterocycles. The number of aliphatic hydroxyl groups is 1. The number of benzene rings is 2. The van der Waals surface area contributed by atoms with Crippen molar-refractivity contribution in [2.75, 3.05) is 19.6 Å². The minimum atomic E-state index is -4.85. The number of halogens is 4. The molecule has 2 aromatic carbocycles. The largest absolute Gasteiger partial charge is 0.481 e. The van der Waals surface area contributed by atoms with E-state index in [2.05, 4.69) is 15.3 Å². The fraction of sp³-hybridized carbons (Fsp3) is 0.333. The number of carboxylic acid groups (broad SMARTS) is 1. The molecule has 2 atom stereocenters. The number of carboxylic acids is 1. The number of aliphatic carboxylic acids is 1. The summed E-state index contributed by atoms with van der Waals surface area (Å²) in [6.45, 7) is 1.73. The molecule has 0 spiro atoms. The summed E-state index contributed by atoms with van der Waals surface area (Å²) in [7, 11) is 0. The van der Waals surface area contributed by atoms with E-state index in [4.69, 9.17) is 25.8 Å². The van der Waals surface area contributed by atoms with Gasteiger partial charge in [-0.05, 0) is 43.0 Å². The van der Waals surface area contributed by atoms with Gasteiger partial charge < -0.3 is 24.2 Å². The molecule has 0 amide bonds. The summed E-state index contributed by atoms with van der Waals surface area (Å²) in [5, 5.41) is 27.2. The Morgan fingerprint density at radius 2 is 1.88 bits per heavy atom. The summed E-state index contributed by atoms with van der Waals surface area (Å²) < 4.78 is 52.3. The number of hydrogen-bond donors (Lipinski definition) is 2. The Morgan fingerprint density at radius 3 is 2.58 bits per heavy atom. The van der Waals surface area contributed by atoms with Crippen LogP contribution in [-0.2, 0) is 11.0 Å². The molecule has 0 bridgehead atoms. The topological polar surface area (TPSA) is 126 Å². The van der Waals surface area contributed by atoms with E-state index in [1.165, 1.54) is 18.2 Å². The minimum absolute atomic E-state index is 0.0195. The number of aliphatic hydroxyl groups excluding tert-OH is 1. The van der Waals surface area contributed by atoms with Gasteiger partial charge in [0.1, 0.15) is 5.56 Å². The van der Waals surface area contributed by atoms with Gasteiger partial charge in [-0.2, -0.15) is 18.2 Å². The highest BCUT2D eigenvalue weighted by molar-refractivity contribution is 6.33. The molecule has 0 radical (unpaired) electrons. The van der Waals surface area contributed by atoms with Gasteiger partial charge in [-0.1, -0.05) is 58.3 Å². The van der Waals surface area contributed by atoms with Crippen LogP contribution in [0.3, 0.4) is 0 Å². The molecule has 4 aromatic rings. The first-order valence-electron chi connectivity index (χ1n) is 12.5. The second kappa shape index (κ2) is 11.4. The molecule has 1 fully saturated rings. The highest BCUT2D eigenvalue weighted by Crippen LogP contribution is 2.44. The van der Waals surface area contributed by atoms with Crippen molar-refractivity contribution < 1.29 is 37.2 Å². The molecule has 3 heterocycles. The Labute approximate surface area is 231 Å². The fourth-order valence-corrected chi connectivity index (χ4v) is 5.12. The van der Waals surface area contributed by atoms with Crippen molar-refractivity contribution in [3.63, 3.8) is 0 Å². The van der Waals surface area contributed by atoms with Crippen molar-refractivity contribution in [3.05, 3.63) is 64.7 Å². The zero-order chi connectivity index (χ0) is 28.4. The molecule has 210 valence electrons. The summed E-state index contributed by atoms with van der Waals surface area (Å²) in [5.41, 5.74) is -0.749. The average molecular weight is 577 g/mol. The maximum absolute atomic E-state index is 14.1. The van der Waals surface area contributed by atoms with Crippen LogP contribution in [0.15, 0.2) is 57.6 Å². The third kappa shape index (κ3) is 6.03. The van der Waals surface area contributed by atoms with E-state index in [9.17, 15) is 23.1 Å². The molecular formula is C27H24ClF3N4O5. The van der Waals surface area contributed by atoms with Crippen LogP contribution in [0.25, 0.3) is 34.3 Å². The molecule has 1 aliphatic heterocycles. The number of rotatable bonds is 8. The monoisotopic (exact) mass is 576 g/mol. The smallest absolute Gasteiger partial charge is 0.422 e. The Bertz CT molecular complexity index is 1490. The number of piperidine rings is 1. The Balaban J connectivity index is 1.33. The molecule has 1 aliphatic rings. The second-order valence-corrected chi connectivity index (χ2v) is 10.0. The van der Waals surface area contributed by atoms with Crippen molar-refractivity contribution in [2.45, 2.75) is 31.5 Å². The lowest BCUT2D eigenvalue weighted by Gasteiger charge is -2.33. The lowest BCUT2D eigenvalue weighted by atomic mass is 9.94. The van der Waals surface area contributed by atoms with Crippen LogP contribution in [0.4, 0.5) is 13.2 Å². The van der Waals surface area contributed by atoms with Crippen LogP contribution in [0.2, 0.25) is 5.02 Å². The molecule has 40 heavy (non-hydrogen) atoms. The normalized spacial score (nSPS) is 17.2. The Morgan fingerprint density at radius 1 is 1.12 bits per heavy atom. The Kier molecular flexibility index (Phi) is 7.92. The average Bonchev–Trinajstić information content (AvgIpc) is 3.57. The van der Waals surface area contributed by atoms with Gasteiger partial charge in [0.05, 0.1) is 11.1 Å². The number of likely N-dealkylation sites (tertiary alicyclic amines) is 1. The summed E-state index contributed by atoms with van der Waals surface area (Å²) in [5.74, 6) is -1.79. The van der Waals surface area contributed by atoms with Crippen LogP contribution < -0.4 is 0 Å². The molecule has 2 N–H and O–H groups in total. The van der Waals surface area contributed by atoms with Gasteiger partial charge in [0.2, 0.25) is 5.82 Å². The van der Waals surface area contributed by atoms with Crippen molar-refractivity contribution >= 4 is 17.6 Å². The van der Waals surface area contributed by atoms with Gasteiger partial charge in [0.25, 0.3) is 5.89 Å². The van der Waals surface area contributed by atoms with Crippen LogP contribution in [0.5, 0.6) is 0 Å². The molecule has 2 unspecified atom stereocenters. The van der Waals surface area contributed by atoms with Gasteiger partial charge in [-0.15, -0.1) is 0 Å². The van der Waals surface area contributed by atoms with E-state index in [0.717, 1.165) is 19.4 Å². The number of hydrogen-bond acceptors (Lipinski definition) is 8. The van der Waals surface area contributed by atoms with Crippen molar-refractivity contribution in [1.82, 2.24) is 20.2 Å². The first-order valence-corrected chi connectivity index (χ1v) is 12.9. The van der Waals surface area contributed by atoms with Crippen LogP contribution in [0.1, 0.15) is 36.5 Å². The van der Waals surface area contributed by atoms with Crippen molar-refractivity contribution in [1.29, 1.82) is 0 Å². The van der Waals surface area contributed by atoms with Crippen LogP contribution in [0, 0.1) is 5.92 Å². The summed E-state index contributed by atoms with van der Waals surface area (Å²) in [6, 6.07) is 12.5. The first kappa shape index (κ1) is 27.8. The van der Waals surface area contributed by atoms with E-state index in [1.807, 2.05) is 4.90 Å². The summed E-state index contributed by atoms with van der Waals surface area (Å²) in [6.07, 6.45) is -3.84. The zero-order valence-corrected chi connectivity index (χ0v) is 21.7. The van der Waals surface area contributed by atoms with Crippen molar-refractivity contribution in [3.8, 4) is 34.3 Å². The van der Waals surface area contributed by atoms with E-state index in [-0.39, 0.29) is 28.7 Å². The maximum Gasteiger partial charge on any atom is 0.422 e. The van der Waals surface area contributed by atoms with E-state index < -0.39 is 41.2 Å². The maximum atomic E-state index is 14.1. The number of nitrogens with zero attached hydrogens (tertiary/aromatic N) is 4. The minimum Gasteiger partial charge on any atom is -0.481 e. The van der Waals surface area contributed by atoms with Gasteiger partial charge in [-0.3, -0.25) is 4.79 Å². The fourth-order valence-electron chi connectivity index (χ4n) is 4.90. The zero-order valence-electron chi connectivity index (χ0n) is 20.9. The molecule has 2 aromatic heterocycles. The molecule has 13 heteroatoms. The predicted molar refractivity (Wildman–Crippen MR) is 137 cm³/mol. The molecule has 9 nitrogen and oxygen atoms in total. The lowest BCUT2D eigenvalue weighted by molar-refractivity contribution is -0.139. The SMILES string of the molecule is O=C(O)CC1CCCN(CC(O)c2ccc(-c3noc(-c4noc(-c5ccccc5Cl)c4C(F)(F)F)n3)cc2)C1. The van der Waals surface area contributed by atoms with Gasteiger partial charge in [0.15, 0.2) is 11.5 Å². The third-order valence-electron chi connectivity index (χ3n) is 6.77. The number of alkyl halides is 3. The summed E-state index contributed by atoms with van der Waals surface area (Å²) in [4.78, 5) is 17.2. The number of β-amino-alcohol motifs (C(OH)–C–C–N with tert-alkyl or cyclic N) is 1.